The molecule has 0 aromatic heterocycles. The van der Waals surface area contributed by atoms with Crippen molar-refractivity contribution in [3.05, 3.63) is 63.6 Å². The molecule has 0 radical (unpaired) electrons. The zero-order valence-electron chi connectivity index (χ0n) is 10.8. The molecule has 0 unspecified atom stereocenters. The predicted octanol–water partition coefficient (Wildman–Crippen LogP) is 5.22. The number of rotatable bonds is 4. The van der Waals surface area contributed by atoms with E-state index in [1.54, 1.807) is 12.1 Å². The van der Waals surface area contributed by atoms with Crippen LogP contribution < -0.4 is 5.32 Å². The zero-order chi connectivity index (χ0) is 14.1. The van der Waals surface area contributed by atoms with Gasteiger partial charge in [0.1, 0.15) is 11.6 Å². The molecule has 0 atom stereocenters. The summed E-state index contributed by atoms with van der Waals surface area (Å²) in [6.07, 6.45) is 2.09. The molecule has 0 saturated heterocycles. The van der Waals surface area contributed by atoms with Gasteiger partial charge in [0.2, 0.25) is 0 Å². The highest BCUT2D eigenvalue weighted by Crippen LogP contribution is 2.44. The van der Waals surface area contributed by atoms with Crippen molar-refractivity contribution < 1.29 is 8.78 Å². The average Bonchev–Trinajstić information content (AvgIpc) is 3.24. The molecule has 3 rings (SSSR count). The Hall–Kier alpha value is -1.42. The third-order valence-corrected chi connectivity index (χ3v) is 4.15. The molecule has 1 nitrogen and oxygen atoms in total. The molecule has 0 heterocycles. The van der Waals surface area contributed by atoms with Crippen molar-refractivity contribution in [3.8, 4) is 0 Å². The van der Waals surface area contributed by atoms with Gasteiger partial charge < -0.3 is 5.32 Å². The Morgan fingerprint density at radius 1 is 1.10 bits per heavy atom. The molecular weight excluding hydrogens is 324 g/mol. The van der Waals surface area contributed by atoms with E-state index in [0.717, 1.165) is 29.7 Å². The van der Waals surface area contributed by atoms with Crippen molar-refractivity contribution >= 4 is 21.6 Å². The molecule has 1 aliphatic rings. The highest BCUT2D eigenvalue weighted by atomic mass is 79.9. The predicted molar refractivity (Wildman–Crippen MR) is 79.8 cm³/mol. The first-order chi connectivity index (χ1) is 9.65. The summed E-state index contributed by atoms with van der Waals surface area (Å²) in [5, 5.41) is 3.22. The van der Waals surface area contributed by atoms with E-state index in [9.17, 15) is 8.78 Å². The van der Waals surface area contributed by atoms with Crippen LogP contribution >= 0.6 is 15.9 Å². The Morgan fingerprint density at radius 2 is 1.90 bits per heavy atom. The summed E-state index contributed by atoms with van der Waals surface area (Å²) in [6.45, 7) is 0.480. The van der Waals surface area contributed by atoms with Gasteiger partial charge in [-0.1, -0.05) is 12.1 Å². The summed E-state index contributed by atoms with van der Waals surface area (Å²) in [6, 6.07) is 10.1. The second-order valence-electron chi connectivity index (χ2n) is 5.08. The van der Waals surface area contributed by atoms with Gasteiger partial charge >= 0.3 is 0 Å². The number of hydrogen-bond acceptors (Lipinski definition) is 1. The van der Waals surface area contributed by atoms with Gasteiger partial charge in [0.05, 0.1) is 4.47 Å². The smallest absolute Gasteiger partial charge is 0.137 e. The van der Waals surface area contributed by atoms with Gasteiger partial charge in [0, 0.05) is 17.8 Å². The quantitative estimate of drug-likeness (QED) is 0.806. The molecule has 20 heavy (non-hydrogen) atoms. The number of nitrogens with one attached hydrogen (secondary N) is 1. The Kier molecular flexibility index (Phi) is 3.74. The number of benzene rings is 2. The fourth-order valence-electron chi connectivity index (χ4n) is 2.32. The molecule has 1 fully saturated rings. The van der Waals surface area contributed by atoms with Gasteiger partial charge in [-0.15, -0.1) is 0 Å². The highest BCUT2D eigenvalue weighted by Gasteiger charge is 2.28. The van der Waals surface area contributed by atoms with Crippen LogP contribution in [0.5, 0.6) is 0 Å². The Balaban J connectivity index is 1.78. The minimum atomic E-state index is -0.286. The first-order valence-electron chi connectivity index (χ1n) is 6.61. The van der Waals surface area contributed by atoms with Crippen LogP contribution in [0.4, 0.5) is 14.5 Å². The second kappa shape index (κ2) is 5.52. The van der Waals surface area contributed by atoms with Gasteiger partial charge in [0.25, 0.3) is 0 Å². The van der Waals surface area contributed by atoms with Gasteiger partial charge in [-0.2, -0.15) is 0 Å². The van der Waals surface area contributed by atoms with Crippen molar-refractivity contribution in [3.63, 3.8) is 0 Å². The van der Waals surface area contributed by atoms with E-state index in [0.29, 0.717) is 16.9 Å². The lowest BCUT2D eigenvalue weighted by molar-refractivity contribution is 0.611. The standard InChI is InChI=1S/C16H14BrF2N/c17-12-7-4-10(8-14(12)19)9-20-15-3-1-2-13(18)16(15)11-5-6-11/h1-4,7-8,11,20H,5-6,9H2. The van der Waals surface area contributed by atoms with Crippen LogP contribution in [0, 0.1) is 11.6 Å². The van der Waals surface area contributed by atoms with Gasteiger partial charge in [-0.05, 0) is 64.5 Å². The Morgan fingerprint density at radius 3 is 2.60 bits per heavy atom. The van der Waals surface area contributed by atoms with Crippen LogP contribution in [0.15, 0.2) is 40.9 Å². The van der Waals surface area contributed by atoms with Crippen LogP contribution in [0.1, 0.15) is 29.9 Å². The maximum absolute atomic E-state index is 13.9. The van der Waals surface area contributed by atoms with E-state index in [1.807, 2.05) is 12.1 Å². The van der Waals surface area contributed by atoms with Crippen LogP contribution in [0.25, 0.3) is 0 Å². The maximum Gasteiger partial charge on any atom is 0.137 e. The second-order valence-corrected chi connectivity index (χ2v) is 5.93. The van der Waals surface area contributed by atoms with E-state index in [2.05, 4.69) is 21.2 Å². The molecule has 1 N–H and O–H groups in total. The first-order valence-corrected chi connectivity index (χ1v) is 7.40. The van der Waals surface area contributed by atoms with E-state index in [-0.39, 0.29) is 11.6 Å². The van der Waals surface area contributed by atoms with Gasteiger partial charge in [0.15, 0.2) is 0 Å². The van der Waals surface area contributed by atoms with Crippen molar-refractivity contribution in [1.29, 1.82) is 0 Å². The molecule has 2 aromatic carbocycles. The minimum Gasteiger partial charge on any atom is -0.381 e. The normalized spacial score (nSPS) is 14.3. The summed E-state index contributed by atoms with van der Waals surface area (Å²) < 4.78 is 27.8. The summed E-state index contributed by atoms with van der Waals surface area (Å²) in [5.41, 5.74) is 2.41. The molecule has 1 aliphatic carbocycles. The SMILES string of the molecule is Fc1cc(CNc2cccc(F)c2C2CC2)ccc1Br. The fourth-order valence-corrected chi connectivity index (χ4v) is 2.57. The highest BCUT2D eigenvalue weighted by molar-refractivity contribution is 9.10. The third kappa shape index (κ3) is 2.85. The van der Waals surface area contributed by atoms with E-state index in [4.69, 9.17) is 0 Å². The maximum atomic E-state index is 13.9. The lowest BCUT2D eigenvalue weighted by atomic mass is 10.1. The summed E-state index contributed by atoms with van der Waals surface area (Å²) in [5.74, 6) is -0.106. The molecule has 0 aliphatic heterocycles. The summed E-state index contributed by atoms with van der Waals surface area (Å²) in [7, 11) is 0. The van der Waals surface area contributed by atoms with Gasteiger partial charge in [-0.25, -0.2) is 8.78 Å². The summed E-state index contributed by atoms with van der Waals surface area (Å²) >= 11 is 3.13. The van der Waals surface area contributed by atoms with E-state index < -0.39 is 0 Å². The molecular formula is C16H14BrF2N. The topological polar surface area (TPSA) is 12.0 Å². The Labute approximate surface area is 125 Å². The number of hydrogen-bond donors (Lipinski definition) is 1. The van der Waals surface area contributed by atoms with Crippen LogP contribution in [0.2, 0.25) is 0 Å². The lowest BCUT2D eigenvalue weighted by Crippen LogP contribution is -2.04. The minimum absolute atomic E-state index is 0.153. The van der Waals surface area contributed by atoms with E-state index >= 15 is 0 Å². The molecule has 0 bridgehead atoms. The molecule has 0 amide bonds. The molecule has 104 valence electrons. The lowest BCUT2D eigenvalue weighted by Gasteiger charge is -2.12. The largest absolute Gasteiger partial charge is 0.381 e. The number of anilines is 1. The van der Waals surface area contributed by atoms with E-state index in [1.165, 1.54) is 12.1 Å². The third-order valence-electron chi connectivity index (χ3n) is 3.51. The first kappa shape index (κ1) is 13.6. The van der Waals surface area contributed by atoms with Crippen molar-refractivity contribution in [2.75, 3.05) is 5.32 Å². The van der Waals surface area contributed by atoms with Gasteiger partial charge in [-0.3, -0.25) is 0 Å². The molecule has 0 spiro atoms. The Bertz CT molecular complexity index is 638. The van der Waals surface area contributed by atoms with Crippen LogP contribution in [0.3, 0.4) is 0 Å². The zero-order valence-corrected chi connectivity index (χ0v) is 12.4. The average molecular weight is 338 g/mol. The summed E-state index contributed by atoms with van der Waals surface area (Å²) in [4.78, 5) is 0. The fraction of sp³-hybridized carbons (Fsp3) is 0.250. The van der Waals surface area contributed by atoms with Crippen molar-refractivity contribution in [2.45, 2.75) is 25.3 Å². The number of halogens is 3. The van der Waals surface area contributed by atoms with Crippen molar-refractivity contribution in [1.82, 2.24) is 0 Å². The molecule has 1 saturated carbocycles. The monoisotopic (exact) mass is 337 g/mol. The van der Waals surface area contributed by atoms with Crippen LogP contribution in [-0.4, -0.2) is 0 Å². The molecule has 4 heteroatoms. The van der Waals surface area contributed by atoms with Crippen LogP contribution in [-0.2, 0) is 6.54 Å². The van der Waals surface area contributed by atoms with Crippen molar-refractivity contribution in [2.24, 2.45) is 0 Å². The molecule has 2 aromatic rings.